The van der Waals surface area contributed by atoms with Gasteiger partial charge in [0, 0.05) is 26.3 Å². The number of hydrogen-bond acceptors (Lipinski definition) is 9. The third-order valence-corrected chi connectivity index (χ3v) is 9.23. The van der Waals surface area contributed by atoms with Crippen LogP contribution in [0.15, 0.2) is 36.5 Å². The van der Waals surface area contributed by atoms with Crippen molar-refractivity contribution in [2.75, 3.05) is 0 Å². The molecule has 0 aromatic heterocycles. The van der Waals surface area contributed by atoms with Crippen molar-refractivity contribution in [2.24, 2.45) is 28.6 Å². The van der Waals surface area contributed by atoms with Gasteiger partial charge in [-0.25, -0.2) is 0 Å². The normalized spacial score (nSPS) is 35.2. The number of carbonyl (C=O) groups excluding carboxylic acids is 4. The predicted molar refractivity (Wildman–Crippen MR) is 146 cm³/mol. The summed E-state index contributed by atoms with van der Waals surface area (Å²) in [5.74, 6) is -2.63. The fourth-order valence-electron chi connectivity index (χ4n) is 6.76. The van der Waals surface area contributed by atoms with Crippen molar-refractivity contribution in [1.82, 2.24) is 0 Å². The van der Waals surface area contributed by atoms with Gasteiger partial charge in [0.15, 0.2) is 0 Å². The molecule has 9 heteroatoms. The van der Waals surface area contributed by atoms with E-state index in [-0.39, 0.29) is 23.7 Å². The summed E-state index contributed by atoms with van der Waals surface area (Å²) in [6.07, 6.45) is 2.47. The quantitative estimate of drug-likeness (QED) is 0.154. The summed E-state index contributed by atoms with van der Waals surface area (Å²) in [5, 5.41) is 0. The van der Waals surface area contributed by atoms with E-state index in [2.05, 4.69) is 27.0 Å². The molecule has 1 aliphatic heterocycles. The molecule has 2 fully saturated rings. The highest BCUT2D eigenvalue weighted by atomic mass is 16.8. The molecule has 0 unspecified atom stereocenters. The van der Waals surface area contributed by atoms with Crippen molar-refractivity contribution in [3.63, 3.8) is 0 Å². The lowest BCUT2D eigenvalue weighted by molar-refractivity contribution is -0.257. The Morgan fingerprint density at radius 3 is 2.25 bits per heavy atom. The zero-order valence-electron chi connectivity index (χ0n) is 24.8. The number of carbonyl (C=O) groups is 4. The number of allylic oxidation sites excluding steroid dienone is 2. The maximum Gasteiger partial charge on any atom is 0.309 e. The largest absolute Gasteiger partial charge is 0.461 e. The smallest absolute Gasteiger partial charge is 0.309 e. The monoisotopic (exact) mass is 560 g/mol. The lowest BCUT2D eigenvalue weighted by Crippen LogP contribution is -2.64. The van der Waals surface area contributed by atoms with Crippen molar-refractivity contribution < 1.29 is 42.9 Å². The topological polar surface area (TPSA) is 114 Å². The lowest BCUT2D eigenvalue weighted by Gasteiger charge is -2.61. The van der Waals surface area contributed by atoms with E-state index in [0.29, 0.717) is 37.7 Å². The van der Waals surface area contributed by atoms with Gasteiger partial charge in [-0.1, -0.05) is 52.5 Å². The molecular formula is C31H44O9. The van der Waals surface area contributed by atoms with Gasteiger partial charge in [-0.15, -0.1) is 0 Å². The van der Waals surface area contributed by atoms with Gasteiger partial charge in [-0.3, -0.25) is 23.9 Å². The van der Waals surface area contributed by atoms with Crippen LogP contribution < -0.4 is 0 Å². The van der Waals surface area contributed by atoms with Gasteiger partial charge in [-0.05, 0) is 55.4 Å². The van der Waals surface area contributed by atoms with Crippen molar-refractivity contribution in [3.05, 3.63) is 36.5 Å². The summed E-state index contributed by atoms with van der Waals surface area (Å²) in [6, 6.07) is 0. The van der Waals surface area contributed by atoms with Gasteiger partial charge >= 0.3 is 23.9 Å². The maximum absolute atomic E-state index is 12.9. The molecule has 0 bridgehead atoms. The molecule has 0 aromatic carbocycles. The zero-order valence-corrected chi connectivity index (χ0v) is 24.8. The first-order chi connectivity index (χ1) is 18.7. The molecule has 0 aromatic rings. The van der Waals surface area contributed by atoms with Gasteiger partial charge < -0.3 is 18.9 Å². The first-order valence-corrected chi connectivity index (χ1v) is 14.1. The van der Waals surface area contributed by atoms with Gasteiger partial charge in [-0.2, -0.15) is 0 Å². The average molecular weight is 561 g/mol. The molecule has 1 saturated carbocycles. The molecule has 0 radical (unpaired) electrons. The molecule has 222 valence electrons. The molecule has 3 rings (SSSR count). The Labute approximate surface area is 237 Å². The van der Waals surface area contributed by atoms with Crippen molar-refractivity contribution in [1.29, 1.82) is 0 Å². The molecule has 1 saturated heterocycles. The number of hydrogen-bond donors (Lipinski definition) is 0. The first kappa shape index (κ1) is 31.6. The minimum atomic E-state index is -1.21. The Bertz CT molecular complexity index is 1080. The van der Waals surface area contributed by atoms with Gasteiger partial charge in [0.05, 0.1) is 5.92 Å². The first-order valence-electron chi connectivity index (χ1n) is 14.1. The minimum Gasteiger partial charge on any atom is -0.461 e. The Balaban J connectivity index is 2.28. The predicted octanol–water partition coefficient (Wildman–Crippen LogP) is 5.19. The van der Waals surface area contributed by atoms with Crippen LogP contribution in [-0.2, 0) is 42.9 Å². The molecule has 1 spiro atoms. The van der Waals surface area contributed by atoms with Crippen LogP contribution in [0, 0.1) is 28.6 Å². The molecule has 0 N–H and O–H groups in total. The fraction of sp³-hybridized carbons (Fsp3) is 0.677. The second-order valence-electron chi connectivity index (χ2n) is 11.7. The second kappa shape index (κ2) is 12.3. The van der Waals surface area contributed by atoms with E-state index in [1.807, 2.05) is 13.8 Å². The van der Waals surface area contributed by atoms with Crippen LogP contribution >= 0.6 is 0 Å². The minimum absolute atomic E-state index is 0.0427. The van der Waals surface area contributed by atoms with E-state index in [1.54, 1.807) is 12.2 Å². The van der Waals surface area contributed by atoms with Gasteiger partial charge in [0.1, 0.15) is 17.6 Å². The van der Waals surface area contributed by atoms with E-state index in [4.69, 9.17) is 23.7 Å². The number of rotatable bonds is 10. The molecule has 1 heterocycles. The van der Waals surface area contributed by atoms with Crippen LogP contribution in [0.4, 0.5) is 0 Å². The summed E-state index contributed by atoms with van der Waals surface area (Å²) >= 11 is 0. The highest BCUT2D eigenvalue weighted by Gasteiger charge is 2.72. The Morgan fingerprint density at radius 1 is 1.07 bits per heavy atom. The summed E-state index contributed by atoms with van der Waals surface area (Å²) in [5.41, 5.74) is -0.240. The standard InChI is InChI=1S/C31H44O9/c1-10-17(3)12-13-30(9)19(5)14-26(36-20(6)32)31-24(28(37-21(7)33)40-29(31)38-22(8)34)15-23(16-25(30)31)39-27(35)18(4)11-2/h10,15,18-19,23,25-26,28-29H,1,3,11-14,16H2,2,4-9H3/t18-,19+,23-,25-,26-,28-,29+,30+,31-/m1/s1. The van der Waals surface area contributed by atoms with Crippen LogP contribution in [0.3, 0.4) is 0 Å². The van der Waals surface area contributed by atoms with Crippen molar-refractivity contribution in [3.8, 4) is 0 Å². The van der Waals surface area contributed by atoms with E-state index < -0.39 is 53.5 Å². The van der Waals surface area contributed by atoms with Gasteiger partial charge in [0.2, 0.25) is 12.6 Å². The lowest BCUT2D eigenvalue weighted by atomic mass is 9.45. The number of esters is 4. The van der Waals surface area contributed by atoms with Crippen LogP contribution in [0.5, 0.6) is 0 Å². The SMILES string of the molecule is C=CC(=C)CC[C@]1(C)[C@H]2C[C@H](OC(=O)[C@H](C)CC)C=C3[C@H](OC(C)=O)O[C@H](OC(C)=O)[C@]32[C@H](OC(C)=O)C[C@@H]1C. The Morgan fingerprint density at radius 2 is 1.70 bits per heavy atom. The molecule has 9 nitrogen and oxygen atoms in total. The van der Waals surface area contributed by atoms with E-state index in [0.717, 1.165) is 5.57 Å². The van der Waals surface area contributed by atoms with Crippen LogP contribution in [-0.4, -0.2) is 48.7 Å². The molecule has 3 aliphatic rings. The zero-order chi connectivity index (χ0) is 30.0. The highest BCUT2D eigenvalue weighted by Crippen LogP contribution is 2.68. The van der Waals surface area contributed by atoms with Crippen molar-refractivity contribution in [2.45, 2.75) is 105 Å². The van der Waals surface area contributed by atoms with E-state index in [9.17, 15) is 19.2 Å². The van der Waals surface area contributed by atoms with E-state index in [1.165, 1.54) is 20.8 Å². The summed E-state index contributed by atoms with van der Waals surface area (Å²) in [6.45, 7) is 19.8. The average Bonchev–Trinajstić information content (AvgIpc) is 3.16. The fourth-order valence-corrected chi connectivity index (χ4v) is 6.76. The molecular weight excluding hydrogens is 516 g/mol. The molecule has 9 atom stereocenters. The highest BCUT2D eigenvalue weighted by molar-refractivity contribution is 5.72. The third kappa shape index (κ3) is 5.90. The summed E-state index contributed by atoms with van der Waals surface area (Å²) in [7, 11) is 0. The van der Waals surface area contributed by atoms with Crippen LogP contribution in [0.2, 0.25) is 0 Å². The summed E-state index contributed by atoms with van der Waals surface area (Å²) in [4.78, 5) is 49.9. The van der Waals surface area contributed by atoms with Crippen molar-refractivity contribution >= 4 is 23.9 Å². The van der Waals surface area contributed by atoms with Crippen LogP contribution in [0.1, 0.15) is 80.6 Å². The molecule has 40 heavy (non-hydrogen) atoms. The van der Waals surface area contributed by atoms with Gasteiger partial charge in [0.25, 0.3) is 0 Å². The Hall–Kier alpha value is -2.94. The Kier molecular flexibility index (Phi) is 9.70. The van der Waals surface area contributed by atoms with Crippen LogP contribution in [0.25, 0.3) is 0 Å². The number of ether oxygens (including phenoxy) is 5. The van der Waals surface area contributed by atoms with E-state index >= 15 is 0 Å². The maximum atomic E-state index is 12.9. The third-order valence-electron chi connectivity index (χ3n) is 9.23. The summed E-state index contributed by atoms with van der Waals surface area (Å²) < 4.78 is 29.5. The second-order valence-corrected chi connectivity index (χ2v) is 11.7. The molecule has 2 aliphatic carbocycles. The molecule has 0 amide bonds.